The molecule has 0 unspecified atom stereocenters. The van der Waals surface area contributed by atoms with E-state index in [1.165, 1.54) is 24.3 Å². The van der Waals surface area contributed by atoms with Crippen LogP contribution in [0.2, 0.25) is 0 Å². The first kappa shape index (κ1) is 21.8. The van der Waals surface area contributed by atoms with Gasteiger partial charge in [0, 0.05) is 30.3 Å². The third-order valence-electron chi connectivity index (χ3n) is 5.00. The number of esters is 1. The van der Waals surface area contributed by atoms with Gasteiger partial charge in [0.1, 0.15) is 12.6 Å². The first-order valence-electron chi connectivity index (χ1n) is 9.60. The molecular weight excluding hydrogens is 406 g/mol. The molecule has 1 aliphatic heterocycles. The predicted molar refractivity (Wildman–Crippen MR) is 108 cm³/mol. The highest BCUT2D eigenvalue weighted by molar-refractivity contribution is 5.94. The van der Waals surface area contributed by atoms with Crippen LogP contribution in [-0.2, 0) is 16.1 Å². The van der Waals surface area contributed by atoms with Gasteiger partial charge in [-0.1, -0.05) is 18.2 Å². The van der Waals surface area contributed by atoms with Crippen LogP contribution in [0.5, 0.6) is 0 Å². The van der Waals surface area contributed by atoms with Crippen molar-refractivity contribution in [2.45, 2.75) is 31.5 Å². The van der Waals surface area contributed by atoms with Crippen molar-refractivity contribution in [1.82, 2.24) is 10.2 Å². The third-order valence-corrected chi connectivity index (χ3v) is 5.00. The Balaban J connectivity index is 1.57. The van der Waals surface area contributed by atoms with Crippen molar-refractivity contribution in [2.75, 3.05) is 6.54 Å². The number of benzene rings is 2. The van der Waals surface area contributed by atoms with E-state index in [0.29, 0.717) is 17.5 Å². The van der Waals surface area contributed by atoms with Crippen LogP contribution in [0.1, 0.15) is 28.8 Å². The van der Waals surface area contributed by atoms with Gasteiger partial charge < -0.3 is 15.2 Å². The number of carbonyl (C=O) groups is 3. The second-order valence-electron chi connectivity index (χ2n) is 7.10. The number of amides is 2. The lowest BCUT2D eigenvalue weighted by atomic mass is 9.98. The summed E-state index contributed by atoms with van der Waals surface area (Å²) < 4.78 is 5.23. The Morgan fingerprint density at radius 1 is 1.10 bits per heavy atom. The lowest BCUT2D eigenvalue weighted by molar-refractivity contribution is -0.384. The largest absolute Gasteiger partial charge is 0.465 e. The predicted octanol–water partition coefficient (Wildman–Crippen LogP) is 2.58. The molecule has 0 aliphatic carbocycles. The Labute approximate surface area is 177 Å². The van der Waals surface area contributed by atoms with E-state index in [2.05, 4.69) is 5.32 Å². The van der Waals surface area contributed by atoms with Crippen LogP contribution >= 0.6 is 0 Å². The first-order chi connectivity index (χ1) is 14.8. The minimum atomic E-state index is -1.28. The lowest BCUT2D eigenvalue weighted by Crippen LogP contribution is -2.56. The third kappa shape index (κ3) is 5.56. The zero-order chi connectivity index (χ0) is 22.4. The van der Waals surface area contributed by atoms with Crippen LogP contribution in [0.15, 0.2) is 54.6 Å². The van der Waals surface area contributed by atoms with Gasteiger partial charge in [-0.05, 0) is 42.7 Å². The number of hydrogen-bond acceptors (Lipinski definition) is 6. The van der Waals surface area contributed by atoms with Gasteiger partial charge in [0.2, 0.25) is 0 Å². The van der Waals surface area contributed by atoms with Crippen molar-refractivity contribution in [3.05, 3.63) is 75.8 Å². The molecule has 10 heteroatoms. The number of carbonyl (C=O) groups excluding carboxylic acids is 2. The number of nitrogens with zero attached hydrogens (tertiary/aromatic N) is 2. The van der Waals surface area contributed by atoms with Gasteiger partial charge in [-0.3, -0.25) is 19.8 Å². The first-order valence-corrected chi connectivity index (χ1v) is 9.60. The summed E-state index contributed by atoms with van der Waals surface area (Å²) in [6.07, 6.45) is -0.666. The summed E-state index contributed by atoms with van der Waals surface area (Å²) in [5, 5.41) is 23.0. The Morgan fingerprint density at radius 2 is 1.77 bits per heavy atom. The number of piperidine rings is 1. The monoisotopic (exact) mass is 427 g/mol. The number of non-ortho nitro benzene ring substituents is 1. The molecule has 31 heavy (non-hydrogen) atoms. The van der Waals surface area contributed by atoms with Crippen molar-refractivity contribution < 1.29 is 29.2 Å². The molecule has 0 aromatic heterocycles. The number of likely N-dealkylation sites (tertiary alicyclic amines) is 1. The summed E-state index contributed by atoms with van der Waals surface area (Å²) in [7, 11) is 0. The molecule has 0 radical (unpaired) electrons. The van der Waals surface area contributed by atoms with Gasteiger partial charge in [0.25, 0.3) is 11.6 Å². The molecule has 0 spiro atoms. The van der Waals surface area contributed by atoms with E-state index >= 15 is 0 Å². The maximum atomic E-state index is 12.5. The molecule has 2 aromatic rings. The molecule has 1 aliphatic rings. The minimum Gasteiger partial charge on any atom is -0.465 e. The van der Waals surface area contributed by atoms with E-state index in [-0.39, 0.29) is 31.2 Å². The fraction of sp³-hybridized carbons (Fsp3) is 0.286. The van der Waals surface area contributed by atoms with Crippen molar-refractivity contribution in [1.29, 1.82) is 0 Å². The molecule has 1 saturated heterocycles. The molecule has 1 fully saturated rings. The summed E-state index contributed by atoms with van der Waals surface area (Å²) in [5.74, 6) is -1.01. The van der Waals surface area contributed by atoms with Crippen LogP contribution in [0.4, 0.5) is 10.5 Å². The van der Waals surface area contributed by atoms with Crippen LogP contribution in [0, 0.1) is 10.1 Å². The minimum absolute atomic E-state index is 0.0365. The van der Waals surface area contributed by atoms with Gasteiger partial charge in [-0.15, -0.1) is 0 Å². The summed E-state index contributed by atoms with van der Waals surface area (Å²) in [5.41, 5.74) is 0.932. The van der Waals surface area contributed by atoms with E-state index in [1.54, 1.807) is 30.3 Å². The van der Waals surface area contributed by atoms with Crippen LogP contribution in [0.3, 0.4) is 0 Å². The molecule has 162 valence electrons. The molecule has 0 saturated carbocycles. The zero-order valence-electron chi connectivity index (χ0n) is 16.5. The Morgan fingerprint density at radius 3 is 2.39 bits per heavy atom. The summed E-state index contributed by atoms with van der Waals surface area (Å²) in [6, 6.07) is 12.7. The number of nitrogens with one attached hydrogen (secondary N) is 1. The lowest BCUT2D eigenvalue weighted by Gasteiger charge is -2.36. The standard InChI is InChI=1S/C21H21N3O7/c25-19(15-4-2-1-3-5-15)22-16-8-11-18(23(12-16)21(27)28)20(26)31-13-14-6-9-17(10-7-14)24(29)30/h1-7,9-10,16,18H,8,11-13H2,(H,22,25)(H,27,28)/t16-,18+/m1/s1. The van der Waals surface area contributed by atoms with Gasteiger partial charge in [0.05, 0.1) is 4.92 Å². The molecule has 3 rings (SSSR count). The van der Waals surface area contributed by atoms with Crippen molar-refractivity contribution >= 4 is 23.7 Å². The highest BCUT2D eigenvalue weighted by Crippen LogP contribution is 2.20. The molecule has 10 nitrogen and oxygen atoms in total. The Hall–Kier alpha value is -3.95. The van der Waals surface area contributed by atoms with Crippen molar-refractivity contribution in [3.63, 3.8) is 0 Å². The van der Waals surface area contributed by atoms with Crippen molar-refractivity contribution in [3.8, 4) is 0 Å². The van der Waals surface area contributed by atoms with Gasteiger partial charge in [0.15, 0.2) is 0 Å². The number of ether oxygens (including phenoxy) is 1. The zero-order valence-corrected chi connectivity index (χ0v) is 16.5. The highest BCUT2D eigenvalue weighted by Gasteiger charge is 2.37. The average Bonchev–Trinajstić information content (AvgIpc) is 2.78. The fourth-order valence-corrected chi connectivity index (χ4v) is 3.37. The molecule has 2 atom stereocenters. The Kier molecular flexibility index (Phi) is 6.81. The van der Waals surface area contributed by atoms with Crippen molar-refractivity contribution in [2.24, 2.45) is 0 Å². The number of nitro groups is 1. The summed E-state index contributed by atoms with van der Waals surface area (Å²) in [6.45, 7) is -0.167. The maximum Gasteiger partial charge on any atom is 0.408 e. The SMILES string of the molecule is O=C(N[C@@H]1CC[C@@H](C(=O)OCc2ccc([N+](=O)[O-])cc2)N(C(=O)O)C1)c1ccccc1. The van der Waals surface area contributed by atoms with E-state index in [1.807, 2.05) is 0 Å². The maximum absolute atomic E-state index is 12.5. The molecule has 1 heterocycles. The quantitative estimate of drug-likeness (QED) is 0.410. The molecule has 2 N–H and O–H groups in total. The van der Waals surface area contributed by atoms with Gasteiger partial charge in [-0.25, -0.2) is 9.59 Å². The van der Waals surface area contributed by atoms with E-state index in [0.717, 1.165) is 4.90 Å². The van der Waals surface area contributed by atoms with E-state index in [9.17, 15) is 29.6 Å². The molecule has 0 bridgehead atoms. The van der Waals surface area contributed by atoms with Crippen LogP contribution in [0.25, 0.3) is 0 Å². The highest BCUT2D eigenvalue weighted by atomic mass is 16.6. The molecule has 2 amide bonds. The second-order valence-corrected chi connectivity index (χ2v) is 7.10. The smallest absolute Gasteiger partial charge is 0.408 e. The number of nitro benzene ring substituents is 1. The number of hydrogen-bond donors (Lipinski definition) is 2. The molecular formula is C21H21N3O7. The van der Waals surface area contributed by atoms with Crippen LogP contribution in [-0.4, -0.2) is 51.5 Å². The topological polar surface area (TPSA) is 139 Å². The summed E-state index contributed by atoms with van der Waals surface area (Å²) in [4.78, 5) is 47.6. The number of rotatable bonds is 6. The van der Waals surface area contributed by atoms with Gasteiger partial charge >= 0.3 is 12.1 Å². The van der Waals surface area contributed by atoms with E-state index in [4.69, 9.17) is 4.74 Å². The van der Waals surface area contributed by atoms with Gasteiger partial charge in [-0.2, -0.15) is 0 Å². The normalized spacial score (nSPS) is 18.1. The van der Waals surface area contributed by atoms with Crippen LogP contribution < -0.4 is 5.32 Å². The fourth-order valence-electron chi connectivity index (χ4n) is 3.37. The molecule has 2 aromatic carbocycles. The Bertz CT molecular complexity index is 963. The number of carboxylic acid groups (broad SMARTS) is 1. The summed E-state index contributed by atoms with van der Waals surface area (Å²) >= 11 is 0. The average molecular weight is 427 g/mol. The van der Waals surface area contributed by atoms with E-state index < -0.39 is 29.1 Å². The second kappa shape index (κ2) is 9.70.